The topological polar surface area (TPSA) is 94.4 Å². The van der Waals surface area contributed by atoms with Crippen LogP contribution in [0.2, 0.25) is 0 Å². The molecule has 0 saturated carbocycles. The van der Waals surface area contributed by atoms with Gasteiger partial charge in [0.05, 0.1) is 6.54 Å². The number of rotatable bonds is 8. The average Bonchev–Trinajstić information content (AvgIpc) is 3.25. The van der Waals surface area contributed by atoms with E-state index < -0.39 is 11.6 Å². The Kier molecular flexibility index (Phi) is 5.50. The molecule has 7 heteroatoms. The van der Waals surface area contributed by atoms with E-state index in [0.717, 1.165) is 12.8 Å². The first-order valence-corrected chi connectivity index (χ1v) is 7.64. The van der Waals surface area contributed by atoms with Crippen LogP contribution < -0.4 is 5.32 Å². The second kappa shape index (κ2) is 7.36. The summed E-state index contributed by atoms with van der Waals surface area (Å²) in [5, 5.41) is 19.8. The second-order valence-electron chi connectivity index (χ2n) is 5.90. The van der Waals surface area contributed by atoms with Crippen LogP contribution in [0.3, 0.4) is 0 Å². The Morgan fingerprint density at radius 2 is 2.00 bits per heavy atom. The molecule has 0 unspecified atom stereocenters. The highest BCUT2D eigenvalue weighted by Crippen LogP contribution is 2.37. The van der Waals surface area contributed by atoms with Crippen LogP contribution in [0.15, 0.2) is 10.2 Å². The second-order valence-corrected chi connectivity index (χ2v) is 5.90. The minimum Gasteiger partial charge on any atom is -0.480 e. The number of carbonyl (C=O) groups excluding carboxylic acids is 1. The molecule has 22 heavy (non-hydrogen) atoms. The zero-order chi connectivity index (χ0) is 16.0. The number of carboxylic acid groups (broad SMARTS) is 1. The van der Waals surface area contributed by atoms with Gasteiger partial charge in [-0.3, -0.25) is 14.5 Å². The summed E-state index contributed by atoms with van der Waals surface area (Å²) in [5.41, 5.74) is -0.408. The van der Waals surface area contributed by atoms with Crippen LogP contribution in [-0.4, -0.2) is 53.2 Å². The SMILES string of the molecule is C#CCCC1(CCC(=O)NC2CCN(CC(=O)O)CC2)N=N1. The van der Waals surface area contributed by atoms with Crippen LogP contribution in [0, 0.1) is 12.3 Å². The fourth-order valence-corrected chi connectivity index (χ4v) is 2.71. The molecule has 0 aromatic rings. The lowest BCUT2D eigenvalue weighted by Crippen LogP contribution is -2.46. The molecular formula is C15H22N4O3. The third kappa shape index (κ3) is 5.11. The van der Waals surface area contributed by atoms with Crippen molar-refractivity contribution in [3.63, 3.8) is 0 Å². The van der Waals surface area contributed by atoms with Crippen LogP contribution in [0.4, 0.5) is 0 Å². The lowest BCUT2D eigenvalue weighted by Gasteiger charge is -2.31. The van der Waals surface area contributed by atoms with Gasteiger partial charge in [0, 0.05) is 44.8 Å². The fraction of sp³-hybridized carbons (Fsp3) is 0.733. The molecule has 1 fully saturated rings. The Bertz CT molecular complexity index is 484. The molecular weight excluding hydrogens is 284 g/mol. The molecule has 0 radical (unpaired) electrons. The van der Waals surface area contributed by atoms with Gasteiger partial charge in [-0.1, -0.05) is 0 Å². The molecule has 1 amide bonds. The minimum atomic E-state index is -0.809. The summed E-state index contributed by atoms with van der Waals surface area (Å²) in [6.07, 6.45) is 9.15. The van der Waals surface area contributed by atoms with Crippen molar-refractivity contribution in [1.29, 1.82) is 0 Å². The van der Waals surface area contributed by atoms with Gasteiger partial charge in [0.25, 0.3) is 0 Å². The van der Waals surface area contributed by atoms with Crippen LogP contribution >= 0.6 is 0 Å². The Balaban J connectivity index is 1.62. The maximum absolute atomic E-state index is 12.0. The quantitative estimate of drug-likeness (QED) is 0.654. The monoisotopic (exact) mass is 306 g/mol. The molecule has 0 aliphatic carbocycles. The zero-order valence-electron chi connectivity index (χ0n) is 12.6. The number of hydrogen-bond donors (Lipinski definition) is 2. The third-order valence-electron chi connectivity index (χ3n) is 4.12. The highest BCUT2D eigenvalue weighted by Gasteiger charge is 2.39. The molecule has 0 atom stereocenters. The summed E-state index contributed by atoms with van der Waals surface area (Å²) in [6, 6.07) is 0.132. The predicted octanol–water partition coefficient (Wildman–Crippen LogP) is 1.01. The number of piperidine rings is 1. The normalized spacial score (nSPS) is 20.3. The summed E-state index contributed by atoms with van der Waals surface area (Å²) >= 11 is 0. The minimum absolute atomic E-state index is 0.00840. The number of likely N-dealkylation sites (tertiary alicyclic amines) is 1. The highest BCUT2D eigenvalue weighted by atomic mass is 16.4. The van der Waals surface area contributed by atoms with Gasteiger partial charge in [0.1, 0.15) is 0 Å². The summed E-state index contributed by atoms with van der Waals surface area (Å²) in [4.78, 5) is 24.5. The van der Waals surface area contributed by atoms with Crippen molar-refractivity contribution in [1.82, 2.24) is 10.2 Å². The third-order valence-corrected chi connectivity index (χ3v) is 4.12. The van der Waals surface area contributed by atoms with E-state index >= 15 is 0 Å². The standard InChI is InChI=1S/C15H22N4O3/c1-2-3-7-15(17-18-15)8-4-13(20)16-12-5-9-19(10-6-12)11-14(21)22/h1,12H,3-11H2,(H,16,20)(H,21,22). The van der Waals surface area contributed by atoms with Gasteiger partial charge in [0.2, 0.25) is 5.91 Å². The predicted molar refractivity (Wildman–Crippen MR) is 80.1 cm³/mol. The average molecular weight is 306 g/mol. The van der Waals surface area contributed by atoms with Crippen LogP contribution in [-0.2, 0) is 9.59 Å². The number of hydrogen-bond acceptors (Lipinski definition) is 5. The number of nitrogens with one attached hydrogen (secondary N) is 1. The van der Waals surface area contributed by atoms with Crippen molar-refractivity contribution >= 4 is 11.9 Å². The summed E-state index contributed by atoms with van der Waals surface area (Å²) in [5.74, 6) is 1.77. The van der Waals surface area contributed by atoms with Crippen molar-refractivity contribution in [2.75, 3.05) is 19.6 Å². The molecule has 2 rings (SSSR count). The largest absolute Gasteiger partial charge is 0.480 e. The van der Waals surface area contributed by atoms with Gasteiger partial charge in [-0.05, 0) is 12.8 Å². The van der Waals surface area contributed by atoms with E-state index in [4.69, 9.17) is 11.5 Å². The smallest absolute Gasteiger partial charge is 0.317 e. The first kappa shape index (κ1) is 16.4. The number of amides is 1. The molecule has 0 aromatic heterocycles. The number of nitrogens with zero attached hydrogens (tertiary/aromatic N) is 3. The number of terminal acetylenes is 1. The van der Waals surface area contributed by atoms with Crippen molar-refractivity contribution < 1.29 is 14.7 Å². The summed E-state index contributed by atoms with van der Waals surface area (Å²) in [7, 11) is 0. The molecule has 2 aliphatic rings. The van der Waals surface area contributed by atoms with Crippen molar-refractivity contribution in [2.24, 2.45) is 10.2 Å². The van der Waals surface area contributed by atoms with E-state index in [2.05, 4.69) is 21.5 Å². The van der Waals surface area contributed by atoms with Gasteiger partial charge in [0.15, 0.2) is 5.66 Å². The Hall–Kier alpha value is -1.94. The van der Waals surface area contributed by atoms with E-state index in [9.17, 15) is 9.59 Å². The number of carbonyl (C=O) groups is 2. The van der Waals surface area contributed by atoms with Crippen molar-refractivity contribution in [3.8, 4) is 12.3 Å². The molecule has 2 aliphatic heterocycles. The molecule has 120 valence electrons. The summed E-state index contributed by atoms with van der Waals surface area (Å²) < 4.78 is 0. The molecule has 2 heterocycles. The van der Waals surface area contributed by atoms with E-state index in [-0.39, 0.29) is 18.5 Å². The van der Waals surface area contributed by atoms with Gasteiger partial charge in [-0.25, -0.2) is 0 Å². The van der Waals surface area contributed by atoms with Crippen molar-refractivity contribution in [3.05, 3.63) is 0 Å². The number of aliphatic carboxylic acids is 1. The molecule has 0 aromatic carbocycles. The highest BCUT2D eigenvalue weighted by molar-refractivity contribution is 5.76. The molecule has 0 spiro atoms. The van der Waals surface area contributed by atoms with E-state index in [1.54, 1.807) is 0 Å². The van der Waals surface area contributed by atoms with Gasteiger partial charge >= 0.3 is 5.97 Å². The number of carboxylic acids is 1. The van der Waals surface area contributed by atoms with E-state index in [1.165, 1.54) is 0 Å². The molecule has 7 nitrogen and oxygen atoms in total. The van der Waals surface area contributed by atoms with Gasteiger partial charge < -0.3 is 10.4 Å². The lowest BCUT2D eigenvalue weighted by atomic mass is 10.0. The maximum Gasteiger partial charge on any atom is 0.317 e. The Labute approximate surface area is 130 Å². The van der Waals surface area contributed by atoms with Crippen LogP contribution in [0.5, 0.6) is 0 Å². The molecule has 2 N–H and O–H groups in total. The van der Waals surface area contributed by atoms with Gasteiger partial charge in [-0.2, -0.15) is 10.2 Å². The Morgan fingerprint density at radius 3 is 2.55 bits per heavy atom. The summed E-state index contributed by atoms with van der Waals surface area (Å²) in [6.45, 7) is 1.48. The zero-order valence-corrected chi connectivity index (χ0v) is 12.6. The maximum atomic E-state index is 12.0. The first-order valence-electron chi connectivity index (χ1n) is 7.64. The Morgan fingerprint density at radius 1 is 1.32 bits per heavy atom. The van der Waals surface area contributed by atoms with Crippen LogP contribution in [0.25, 0.3) is 0 Å². The van der Waals surface area contributed by atoms with Crippen LogP contribution in [0.1, 0.15) is 38.5 Å². The van der Waals surface area contributed by atoms with E-state index in [1.807, 2.05) is 4.90 Å². The first-order chi connectivity index (χ1) is 10.5. The lowest BCUT2D eigenvalue weighted by molar-refractivity contribution is -0.138. The van der Waals surface area contributed by atoms with Crippen molar-refractivity contribution in [2.45, 2.75) is 50.2 Å². The molecule has 0 bridgehead atoms. The van der Waals surface area contributed by atoms with Gasteiger partial charge in [-0.15, -0.1) is 12.3 Å². The van der Waals surface area contributed by atoms with E-state index in [0.29, 0.717) is 38.8 Å². The molecule has 1 saturated heterocycles. The fourth-order valence-electron chi connectivity index (χ4n) is 2.71.